The number of benzene rings is 1. The van der Waals surface area contributed by atoms with E-state index in [9.17, 15) is 4.79 Å². The first kappa shape index (κ1) is 13.0. The molecule has 2 aromatic rings. The molecule has 0 spiro atoms. The van der Waals surface area contributed by atoms with E-state index < -0.39 is 0 Å². The molecule has 1 heterocycles. The lowest BCUT2D eigenvalue weighted by molar-refractivity contribution is 0.0962. The third-order valence-corrected chi connectivity index (χ3v) is 2.89. The van der Waals surface area contributed by atoms with E-state index in [4.69, 9.17) is 0 Å². The third-order valence-electron chi connectivity index (χ3n) is 2.89. The molecule has 0 bridgehead atoms. The Kier molecular flexibility index (Phi) is 4.08. The summed E-state index contributed by atoms with van der Waals surface area (Å²) in [4.78, 5) is 15.6. The minimum atomic E-state index is -0.126. The molecule has 0 atom stereocenters. The predicted octanol–water partition coefficient (Wildman–Crippen LogP) is 2.92. The first-order chi connectivity index (χ1) is 9.20. The lowest BCUT2D eigenvalue weighted by Gasteiger charge is -2.01. The molecule has 0 radical (unpaired) electrons. The smallest absolute Gasteiger partial charge is 0.252 e. The van der Waals surface area contributed by atoms with Crippen LogP contribution in [0.4, 0.5) is 0 Å². The first-order valence-electron chi connectivity index (χ1n) is 6.11. The highest BCUT2D eigenvalue weighted by molar-refractivity contribution is 5.94. The lowest BCUT2D eigenvalue weighted by Crippen LogP contribution is -2.17. The number of nitrogens with zero attached hydrogens (tertiary/aromatic N) is 1. The van der Waals surface area contributed by atoms with E-state index >= 15 is 0 Å². The predicted molar refractivity (Wildman–Crippen MR) is 77.7 cm³/mol. The summed E-state index contributed by atoms with van der Waals surface area (Å²) in [6, 6.07) is 9.97. The minimum absolute atomic E-state index is 0.126. The normalized spacial score (nSPS) is 10.6. The quantitative estimate of drug-likeness (QED) is 0.912. The van der Waals surface area contributed by atoms with Crippen LogP contribution in [0.15, 0.2) is 42.7 Å². The topological polar surface area (TPSA) is 42.0 Å². The van der Waals surface area contributed by atoms with E-state index in [-0.39, 0.29) is 5.91 Å². The van der Waals surface area contributed by atoms with Crippen LogP contribution in [0.2, 0.25) is 0 Å². The number of rotatable bonds is 3. The van der Waals surface area contributed by atoms with Crippen LogP contribution in [-0.4, -0.2) is 17.9 Å². The third kappa shape index (κ3) is 3.28. The molecule has 0 aliphatic carbocycles. The number of hydrogen-bond donors (Lipinski definition) is 1. The summed E-state index contributed by atoms with van der Waals surface area (Å²) >= 11 is 0. The monoisotopic (exact) mass is 252 g/mol. The van der Waals surface area contributed by atoms with Gasteiger partial charge in [0.05, 0.1) is 5.56 Å². The lowest BCUT2D eigenvalue weighted by atomic mass is 10.1. The molecule has 0 fully saturated rings. The van der Waals surface area contributed by atoms with Crippen molar-refractivity contribution in [3.05, 3.63) is 65.0 Å². The second-order valence-corrected chi connectivity index (χ2v) is 4.28. The molecule has 1 amide bonds. The second-order valence-electron chi connectivity index (χ2n) is 4.28. The molecule has 19 heavy (non-hydrogen) atoms. The Balaban J connectivity index is 2.24. The number of hydrogen-bond acceptors (Lipinski definition) is 2. The molecule has 1 aromatic heterocycles. The van der Waals surface area contributed by atoms with Gasteiger partial charge in [-0.2, -0.15) is 0 Å². The first-order valence-corrected chi connectivity index (χ1v) is 6.11. The van der Waals surface area contributed by atoms with E-state index in [1.165, 1.54) is 5.56 Å². The maximum absolute atomic E-state index is 11.5. The summed E-state index contributed by atoms with van der Waals surface area (Å²) in [6.45, 7) is 2.07. The van der Waals surface area contributed by atoms with Crippen molar-refractivity contribution in [3.63, 3.8) is 0 Å². The van der Waals surface area contributed by atoms with Crippen LogP contribution in [0.3, 0.4) is 0 Å². The summed E-state index contributed by atoms with van der Waals surface area (Å²) < 4.78 is 0. The molecule has 0 aliphatic rings. The molecule has 0 saturated heterocycles. The molecule has 0 aliphatic heterocycles. The van der Waals surface area contributed by atoms with Crippen molar-refractivity contribution in [1.29, 1.82) is 0 Å². The van der Waals surface area contributed by atoms with Crippen LogP contribution in [0.25, 0.3) is 12.2 Å². The highest BCUT2D eigenvalue weighted by Crippen LogP contribution is 2.12. The number of aryl methyl sites for hydroxylation is 1. The van der Waals surface area contributed by atoms with Gasteiger partial charge in [-0.25, -0.2) is 0 Å². The maximum atomic E-state index is 11.5. The zero-order valence-corrected chi connectivity index (χ0v) is 11.1. The molecule has 1 aromatic carbocycles. The van der Waals surface area contributed by atoms with E-state index in [1.54, 1.807) is 19.4 Å². The van der Waals surface area contributed by atoms with Gasteiger partial charge >= 0.3 is 0 Å². The fraction of sp³-hybridized carbons (Fsp3) is 0.125. The summed E-state index contributed by atoms with van der Waals surface area (Å²) in [5.74, 6) is -0.126. The van der Waals surface area contributed by atoms with Gasteiger partial charge < -0.3 is 5.32 Å². The fourth-order valence-electron chi connectivity index (χ4n) is 1.78. The summed E-state index contributed by atoms with van der Waals surface area (Å²) in [5, 5.41) is 2.59. The largest absolute Gasteiger partial charge is 0.355 e. The van der Waals surface area contributed by atoms with Crippen molar-refractivity contribution in [2.75, 3.05) is 7.05 Å². The van der Waals surface area contributed by atoms with Crippen molar-refractivity contribution in [2.24, 2.45) is 0 Å². The van der Waals surface area contributed by atoms with Gasteiger partial charge in [-0.15, -0.1) is 0 Å². The van der Waals surface area contributed by atoms with Gasteiger partial charge in [-0.3, -0.25) is 9.78 Å². The van der Waals surface area contributed by atoms with Gasteiger partial charge in [0.15, 0.2) is 0 Å². The molecular weight excluding hydrogens is 236 g/mol. The maximum Gasteiger partial charge on any atom is 0.252 e. The van der Waals surface area contributed by atoms with Gasteiger partial charge in [0.1, 0.15) is 0 Å². The zero-order chi connectivity index (χ0) is 13.7. The van der Waals surface area contributed by atoms with Crippen LogP contribution in [0.5, 0.6) is 0 Å². The molecule has 2 rings (SSSR count). The van der Waals surface area contributed by atoms with Gasteiger partial charge in [-0.05, 0) is 29.7 Å². The fourth-order valence-corrected chi connectivity index (χ4v) is 1.78. The van der Waals surface area contributed by atoms with Crippen molar-refractivity contribution < 1.29 is 4.79 Å². The molecule has 3 heteroatoms. The summed E-state index contributed by atoms with van der Waals surface area (Å²) in [7, 11) is 1.61. The van der Waals surface area contributed by atoms with Gasteiger partial charge in [0.2, 0.25) is 0 Å². The number of aromatic nitrogens is 1. The SMILES string of the molecule is CNC(=O)c1cncc(/C=C/c2ccccc2C)c1. The molecule has 1 N–H and O–H groups in total. The van der Waals surface area contributed by atoms with Gasteiger partial charge in [-0.1, -0.05) is 36.4 Å². The summed E-state index contributed by atoms with van der Waals surface area (Å²) in [6.07, 6.45) is 7.28. The molecule has 0 saturated carbocycles. The number of nitrogens with one attached hydrogen (secondary N) is 1. The van der Waals surface area contributed by atoms with E-state index in [0.717, 1.165) is 11.1 Å². The Morgan fingerprint density at radius 3 is 2.74 bits per heavy atom. The van der Waals surface area contributed by atoms with Crippen molar-refractivity contribution in [2.45, 2.75) is 6.92 Å². The summed E-state index contributed by atoms with van der Waals surface area (Å²) in [5.41, 5.74) is 3.85. The van der Waals surface area contributed by atoms with E-state index in [0.29, 0.717) is 5.56 Å². The number of carbonyl (C=O) groups excluding carboxylic acids is 1. The number of carbonyl (C=O) groups is 1. The number of amides is 1. The minimum Gasteiger partial charge on any atom is -0.355 e. The second kappa shape index (κ2) is 5.96. The van der Waals surface area contributed by atoms with Crippen molar-refractivity contribution >= 4 is 18.1 Å². The average molecular weight is 252 g/mol. The Labute approximate surface area is 113 Å². The van der Waals surface area contributed by atoms with Crippen LogP contribution < -0.4 is 5.32 Å². The highest BCUT2D eigenvalue weighted by Gasteiger charge is 2.02. The molecule has 0 unspecified atom stereocenters. The average Bonchev–Trinajstić information content (AvgIpc) is 2.46. The van der Waals surface area contributed by atoms with E-state index in [1.807, 2.05) is 30.4 Å². The number of pyridine rings is 1. The Bertz CT molecular complexity index is 618. The molecular formula is C16H16N2O. The van der Waals surface area contributed by atoms with Crippen LogP contribution in [0, 0.1) is 6.92 Å². The van der Waals surface area contributed by atoms with E-state index in [2.05, 4.69) is 29.4 Å². The Morgan fingerprint density at radius 2 is 2.00 bits per heavy atom. The Morgan fingerprint density at radius 1 is 1.21 bits per heavy atom. The molecule has 3 nitrogen and oxygen atoms in total. The zero-order valence-electron chi connectivity index (χ0n) is 11.1. The standard InChI is InChI=1S/C16H16N2O/c1-12-5-3-4-6-14(12)8-7-13-9-15(11-18-10-13)16(19)17-2/h3-11H,1-2H3,(H,17,19)/b8-7+. The van der Waals surface area contributed by atoms with Crippen LogP contribution in [-0.2, 0) is 0 Å². The van der Waals surface area contributed by atoms with Crippen molar-refractivity contribution in [1.82, 2.24) is 10.3 Å². The highest BCUT2D eigenvalue weighted by atomic mass is 16.1. The van der Waals surface area contributed by atoms with Gasteiger partial charge in [0.25, 0.3) is 5.91 Å². The van der Waals surface area contributed by atoms with Crippen LogP contribution in [0.1, 0.15) is 27.0 Å². The molecule has 96 valence electrons. The van der Waals surface area contributed by atoms with Crippen molar-refractivity contribution in [3.8, 4) is 0 Å². The Hall–Kier alpha value is -2.42. The van der Waals surface area contributed by atoms with Gasteiger partial charge in [0, 0.05) is 19.4 Å². The van der Waals surface area contributed by atoms with Crippen LogP contribution >= 0.6 is 0 Å².